The van der Waals surface area contributed by atoms with Gasteiger partial charge in [0.1, 0.15) is 5.56 Å². The summed E-state index contributed by atoms with van der Waals surface area (Å²) in [4.78, 5) is 32.5. The van der Waals surface area contributed by atoms with Crippen LogP contribution < -0.4 is 5.56 Å². The van der Waals surface area contributed by atoms with Crippen molar-refractivity contribution >= 4 is 16.8 Å². The fourth-order valence-corrected chi connectivity index (χ4v) is 4.02. The summed E-state index contributed by atoms with van der Waals surface area (Å²) < 4.78 is 0. The summed E-state index contributed by atoms with van der Waals surface area (Å²) in [7, 11) is 0. The van der Waals surface area contributed by atoms with Crippen molar-refractivity contribution in [2.24, 2.45) is 0 Å². The van der Waals surface area contributed by atoms with Crippen LogP contribution >= 0.6 is 0 Å². The van der Waals surface area contributed by atoms with Crippen LogP contribution in [0.1, 0.15) is 36.0 Å². The standard InChI is InChI=1S/C19H23N3O2/c23-18-16(12-14-6-1-2-8-17(14)20-18)19(24)22-11-5-7-15(22)13-21-9-3-4-10-21/h1-2,6,8,12,15H,3-5,7,9-11,13H2,(H,20,23). The number of fused-ring (bicyclic) bond motifs is 1. The first-order chi connectivity index (χ1) is 11.7. The summed E-state index contributed by atoms with van der Waals surface area (Å²) in [6, 6.07) is 9.56. The third-order valence-electron chi connectivity index (χ3n) is 5.29. The summed E-state index contributed by atoms with van der Waals surface area (Å²) in [6.45, 7) is 3.96. The van der Waals surface area contributed by atoms with Crippen LogP contribution in [-0.4, -0.2) is 52.9 Å². The number of nitrogens with zero attached hydrogens (tertiary/aromatic N) is 2. The lowest BCUT2D eigenvalue weighted by molar-refractivity contribution is 0.0707. The minimum Gasteiger partial charge on any atom is -0.334 e. The first-order valence-corrected chi connectivity index (χ1v) is 8.88. The average molecular weight is 325 g/mol. The Morgan fingerprint density at radius 3 is 2.75 bits per heavy atom. The molecule has 1 amide bonds. The number of aromatic nitrogens is 1. The van der Waals surface area contributed by atoms with Crippen molar-refractivity contribution in [1.82, 2.24) is 14.8 Å². The van der Waals surface area contributed by atoms with Gasteiger partial charge in [0, 0.05) is 24.6 Å². The summed E-state index contributed by atoms with van der Waals surface area (Å²) in [5.74, 6) is -0.122. The van der Waals surface area contributed by atoms with Crippen molar-refractivity contribution in [3.8, 4) is 0 Å². The Balaban J connectivity index is 1.60. The molecule has 1 aromatic heterocycles. The fourth-order valence-electron chi connectivity index (χ4n) is 4.02. The number of carbonyl (C=O) groups is 1. The lowest BCUT2D eigenvalue weighted by Crippen LogP contribution is -2.44. The van der Waals surface area contributed by atoms with E-state index in [0.29, 0.717) is 0 Å². The third kappa shape index (κ3) is 2.84. The molecule has 24 heavy (non-hydrogen) atoms. The zero-order valence-corrected chi connectivity index (χ0v) is 13.8. The highest BCUT2D eigenvalue weighted by atomic mass is 16.2. The average Bonchev–Trinajstić information content (AvgIpc) is 3.26. The van der Waals surface area contributed by atoms with E-state index in [2.05, 4.69) is 9.88 Å². The molecule has 3 heterocycles. The third-order valence-corrected chi connectivity index (χ3v) is 5.29. The van der Waals surface area contributed by atoms with Crippen LogP contribution in [0.2, 0.25) is 0 Å². The van der Waals surface area contributed by atoms with Gasteiger partial charge in [-0.25, -0.2) is 0 Å². The topological polar surface area (TPSA) is 56.4 Å². The second-order valence-electron chi connectivity index (χ2n) is 6.90. The van der Waals surface area contributed by atoms with Crippen molar-refractivity contribution in [2.45, 2.75) is 31.7 Å². The summed E-state index contributed by atoms with van der Waals surface area (Å²) >= 11 is 0. The number of pyridine rings is 1. The Bertz CT molecular complexity index is 808. The molecule has 1 atom stereocenters. The van der Waals surface area contributed by atoms with Crippen molar-refractivity contribution in [3.63, 3.8) is 0 Å². The molecule has 0 saturated carbocycles. The van der Waals surface area contributed by atoms with Gasteiger partial charge in [0.2, 0.25) is 0 Å². The van der Waals surface area contributed by atoms with Gasteiger partial charge in [0.05, 0.1) is 0 Å². The highest BCUT2D eigenvalue weighted by molar-refractivity contribution is 5.97. The zero-order valence-electron chi connectivity index (χ0n) is 13.8. The molecule has 4 rings (SSSR count). The monoisotopic (exact) mass is 325 g/mol. The molecule has 2 fully saturated rings. The van der Waals surface area contributed by atoms with E-state index in [0.717, 1.165) is 49.9 Å². The summed E-state index contributed by atoms with van der Waals surface area (Å²) in [5, 5.41) is 0.899. The van der Waals surface area contributed by atoms with Gasteiger partial charge in [-0.05, 0) is 56.3 Å². The predicted octanol–water partition coefficient (Wildman–Crippen LogP) is 2.23. The van der Waals surface area contributed by atoms with Gasteiger partial charge in [0.15, 0.2) is 0 Å². The minimum atomic E-state index is -0.287. The number of likely N-dealkylation sites (tertiary alicyclic amines) is 2. The quantitative estimate of drug-likeness (QED) is 0.941. The van der Waals surface area contributed by atoms with E-state index in [9.17, 15) is 9.59 Å². The molecule has 0 aliphatic carbocycles. The zero-order chi connectivity index (χ0) is 16.5. The first kappa shape index (κ1) is 15.4. The van der Waals surface area contributed by atoms with Crippen molar-refractivity contribution < 1.29 is 4.79 Å². The van der Waals surface area contributed by atoms with Gasteiger partial charge in [0.25, 0.3) is 11.5 Å². The number of H-pyrrole nitrogens is 1. The van der Waals surface area contributed by atoms with Crippen LogP contribution in [0.4, 0.5) is 0 Å². The number of amides is 1. The molecule has 126 valence electrons. The van der Waals surface area contributed by atoms with Gasteiger partial charge < -0.3 is 14.8 Å². The number of para-hydroxylation sites is 1. The lowest BCUT2D eigenvalue weighted by atomic mass is 10.1. The van der Waals surface area contributed by atoms with Gasteiger partial charge in [-0.1, -0.05) is 18.2 Å². The van der Waals surface area contributed by atoms with Crippen LogP contribution in [0.25, 0.3) is 10.9 Å². The molecule has 2 saturated heterocycles. The van der Waals surface area contributed by atoms with E-state index in [1.807, 2.05) is 29.2 Å². The van der Waals surface area contributed by atoms with Crippen molar-refractivity contribution in [2.75, 3.05) is 26.2 Å². The molecule has 5 heteroatoms. The van der Waals surface area contributed by atoms with Crippen LogP contribution in [0.3, 0.4) is 0 Å². The van der Waals surface area contributed by atoms with Gasteiger partial charge >= 0.3 is 0 Å². The molecule has 1 unspecified atom stereocenters. The number of rotatable bonds is 3. The first-order valence-electron chi connectivity index (χ1n) is 8.88. The second kappa shape index (κ2) is 6.40. The van der Waals surface area contributed by atoms with E-state index in [1.54, 1.807) is 6.07 Å². The van der Waals surface area contributed by atoms with E-state index in [4.69, 9.17) is 0 Å². The maximum absolute atomic E-state index is 13.0. The Morgan fingerprint density at radius 1 is 1.12 bits per heavy atom. The van der Waals surface area contributed by atoms with E-state index in [-0.39, 0.29) is 23.1 Å². The van der Waals surface area contributed by atoms with E-state index < -0.39 is 0 Å². The SMILES string of the molecule is O=C(c1cc2ccccc2[nH]c1=O)N1CCCC1CN1CCCC1. The number of nitrogens with one attached hydrogen (secondary N) is 1. The predicted molar refractivity (Wildman–Crippen MR) is 94.3 cm³/mol. The normalized spacial score (nSPS) is 21.7. The molecule has 1 aromatic carbocycles. The Hall–Kier alpha value is -2.14. The molecule has 2 aliphatic heterocycles. The van der Waals surface area contributed by atoms with E-state index >= 15 is 0 Å². The highest BCUT2D eigenvalue weighted by Gasteiger charge is 2.32. The summed E-state index contributed by atoms with van der Waals surface area (Å²) in [6.07, 6.45) is 4.57. The molecular formula is C19H23N3O2. The van der Waals surface area contributed by atoms with Crippen LogP contribution in [0, 0.1) is 0 Å². The van der Waals surface area contributed by atoms with Crippen LogP contribution in [-0.2, 0) is 0 Å². The van der Waals surface area contributed by atoms with Gasteiger partial charge in [-0.2, -0.15) is 0 Å². The Kier molecular flexibility index (Phi) is 4.10. The van der Waals surface area contributed by atoms with Crippen molar-refractivity contribution in [3.05, 3.63) is 46.2 Å². The number of hydrogen-bond donors (Lipinski definition) is 1. The lowest BCUT2D eigenvalue weighted by Gasteiger charge is -2.28. The van der Waals surface area contributed by atoms with Crippen LogP contribution in [0.5, 0.6) is 0 Å². The van der Waals surface area contributed by atoms with Crippen LogP contribution in [0.15, 0.2) is 35.1 Å². The largest absolute Gasteiger partial charge is 0.334 e. The number of hydrogen-bond acceptors (Lipinski definition) is 3. The minimum absolute atomic E-state index is 0.122. The molecule has 2 aromatic rings. The fraction of sp³-hybridized carbons (Fsp3) is 0.474. The molecule has 5 nitrogen and oxygen atoms in total. The smallest absolute Gasteiger partial charge is 0.261 e. The Morgan fingerprint density at radius 2 is 1.92 bits per heavy atom. The number of benzene rings is 1. The highest BCUT2D eigenvalue weighted by Crippen LogP contribution is 2.22. The Labute approximate surface area is 141 Å². The molecule has 0 radical (unpaired) electrons. The van der Waals surface area contributed by atoms with Gasteiger partial charge in [-0.15, -0.1) is 0 Å². The molecule has 0 spiro atoms. The molecular weight excluding hydrogens is 302 g/mol. The number of aromatic amines is 1. The second-order valence-corrected chi connectivity index (χ2v) is 6.90. The summed E-state index contributed by atoms with van der Waals surface area (Å²) in [5.41, 5.74) is 0.752. The maximum Gasteiger partial charge on any atom is 0.261 e. The molecule has 1 N–H and O–H groups in total. The van der Waals surface area contributed by atoms with E-state index in [1.165, 1.54) is 12.8 Å². The van der Waals surface area contributed by atoms with Crippen molar-refractivity contribution in [1.29, 1.82) is 0 Å². The molecule has 2 aliphatic rings. The maximum atomic E-state index is 13.0. The molecule has 0 bridgehead atoms. The van der Waals surface area contributed by atoms with Gasteiger partial charge in [-0.3, -0.25) is 9.59 Å². The number of carbonyl (C=O) groups excluding carboxylic acids is 1.